The summed E-state index contributed by atoms with van der Waals surface area (Å²) in [6.07, 6.45) is 1.00. The summed E-state index contributed by atoms with van der Waals surface area (Å²) in [5.41, 5.74) is 0. The molecule has 0 spiro atoms. The molecule has 2 amide bonds. The van der Waals surface area contributed by atoms with Crippen molar-refractivity contribution >= 4 is 23.8 Å². The number of carboxylic acids is 1. The zero-order valence-corrected chi connectivity index (χ0v) is 11.1. The van der Waals surface area contributed by atoms with Crippen molar-refractivity contribution in [3.63, 3.8) is 0 Å². The molecule has 1 fully saturated rings. The number of nitrogens with zero attached hydrogens (tertiary/aromatic N) is 1. The van der Waals surface area contributed by atoms with Crippen LogP contribution >= 0.6 is 11.8 Å². The second-order valence-corrected chi connectivity index (χ2v) is 5.54. The fourth-order valence-electron chi connectivity index (χ4n) is 1.57. The largest absolute Gasteiger partial charge is 0.481 e. The van der Waals surface area contributed by atoms with Crippen LogP contribution in [-0.2, 0) is 4.79 Å². The summed E-state index contributed by atoms with van der Waals surface area (Å²) in [5.74, 6) is 0.589. The first kappa shape index (κ1) is 14.2. The predicted molar refractivity (Wildman–Crippen MR) is 68.3 cm³/mol. The Morgan fingerprint density at radius 2 is 2.00 bits per heavy atom. The van der Waals surface area contributed by atoms with Crippen LogP contribution in [0.15, 0.2) is 0 Å². The van der Waals surface area contributed by atoms with E-state index in [4.69, 9.17) is 5.11 Å². The molecule has 2 atom stereocenters. The highest BCUT2D eigenvalue weighted by Gasteiger charge is 2.23. The smallest absolute Gasteiger partial charge is 0.317 e. The third kappa shape index (κ3) is 4.46. The second-order valence-electron chi connectivity index (χ2n) is 4.32. The van der Waals surface area contributed by atoms with Gasteiger partial charge in [-0.1, -0.05) is 0 Å². The van der Waals surface area contributed by atoms with Crippen molar-refractivity contribution in [3.8, 4) is 0 Å². The molecule has 1 rings (SSSR count). The summed E-state index contributed by atoms with van der Waals surface area (Å²) < 4.78 is 0. The Balaban J connectivity index is 2.44. The van der Waals surface area contributed by atoms with Crippen LogP contribution in [0.4, 0.5) is 4.79 Å². The summed E-state index contributed by atoms with van der Waals surface area (Å²) >= 11 is 1.85. The summed E-state index contributed by atoms with van der Waals surface area (Å²) in [5, 5.41) is 11.6. The topological polar surface area (TPSA) is 69.6 Å². The van der Waals surface area contributed by atoms with E-state index in [9.17, 15) is 9.59 Å². The van der Waals surface area contributed by atoms with E-state index in [2.05, 4.69) is 5.32 Å². The van der Waals surface area contributed by atoms with Gasteiger partial charge >= 0.3 is 12.0 Å². The lowest BCUT2D eigenvalue weighted by atomic mass is 10.0. The Hall–Kier alpha value is -0.910. The molecule has 1 heterocycles. The third-order valence-corrected chi connectivity index (χ3v) is 4.05. The fourth-order valence-corrected chi connectivity index (χ4v) is 2.46. The maximum atomic E-state index is 11.9. The Kier molecular flexibility index (Phi) is 5.61. The standard InChI is InChI=1S/C11H20N2O3S/c1-8(10(14)15)9(2)12-11(16)13-4-3-6-17-7-5-13/h8-9H,3-7H2,1-2H3,(H,12,16)(H,14,15). The quantitative estimate of drug-likeness (QED) is 0.801. The van der Waals surface area contributed by atoms with Gasteiger partial charge in [-0.15, -0.1) is 0 Å². The highest BCUT2D eigenvalue weighted by atomic mass is 32.2. The molecule has 0 saturated carbocycles. The van der Waals surface area contributed by atoms with Gasteiger partial charge in [0.25, 0.3) is 0 Å². The summed E-state index contributed by atoms with van der Waals surface area (Å²) in [6.45, 7) is 4.83. The molecular weight excluding hydrogens is 240 g/mol. The van der Waals surface area contributed by atoms with Crippen LogP contribution in [0.1, 0.15) is 20.3 Å². The Labute approximate surface area is 106 Å². The van der Waals surface area contributed by atoms with Gasteiger partial charge in [0, 0.05) is 24.9 Å². The van der Waals surface area contributed by atoms with E-state index < -0.39 is 11.9 Å². The lowest BCUT2D eigenvalue weighted by Gasteiger charge is -2.25. The van der Waals surface area contributed by atoms with Crippen LogP contribution in [0.25, 0.3) is 0 Å². The summed E-state index contributed by atoms with van der Waals surface area (Å²) in [4.78, 5) is 24.5. The number of rotatable bonds is 3. The number of aliphatic carboxylic acids is 1. The van der Waals surface area contributed by atoms with Gasteiger partial charge < -0.3 is 15.3 Å². The molecule has 0 bridgehead atoms. The first-order chi connectivity index (χ1) is 8.02. The molecule has 6 heteroatoms. The number of carbonyl (C=O) groups is 2. The molecular formula is C11H20N2O3S. The molecule has 1 saturated heterocycles. The van der Waals surface area contributed by atoms with Crippen LogP contribution in [0.3, 0.4) is 0 Å². The number of hydrogen-bond acceptors (Lipinski definition) is 3. The van der Waals surface area contributed by atoms with Gasteiger partial charge in [0.05, 0.1) is 5.92 Å². The van der Waals surface area contributed by atoms with Crippen LogP contribution in [0.5, 0.6) is 0 Å². The number of amides is 2. The van der Waals surface area contributed by atoms with Crippen molar-refractivity contribution in [3.05, 3.63) is 0 Å². The predicted octanol–water partition coefficient (Wildman–Crippen LogP) is 1.24. The van der Waals surface area contributed by atoms with Crippen molar-refractivity contribution in [2.75, 3.05) is 24.6 Å². The van der Waals surface area contributed by atoms with Gasteiger partial charge in [-0.05, 0) is 26.0 Å². The minimum absolute atomic E-state index is 0.145. The van der Waals surface area contributed by atoms with Gasteiger partial charge in [-0.3, -0.25) is 4.79 Å². The van der Waals surface area contributed by atoms with E-state index in [1.807, 2.05) is 11.8 Å². The van der Waals surface area contributed by atoms with E-state index in [0.29, 0.717) is 0 Å². The fraction of sp³-hybridized carbons (Fsp3) is 0.818. The number of thioether (sulfide) groups is 1. The molecule has 1 aliphatic rings. The van der Waals surface area contributed by atoms with Gasteiger partial charge in [-0.25, -0.2) is 4.79 Å². The first-order valence-electron chi connectivity index (χ1n) is 5.88. The average Bonchev–Trinajstić information content (AvgIpc) is 2.56. The molecule has 0 aliphatic carbocycles. The minimum atomic E-state index is -0.885. The molecule has 2 unspecified atom stereocenters. The number of nitrogens with one attached hydrogen (secondary N) is 1. The lowest BCUT2D eigenvalue weighted by Crippen LogP contribution is -2.47. The molecule has 1 aliphatic heterocycles. The van der Waals surface area contributed by atoms with Crippen molar-refractivity contribution in [2.45, 2.75) is 26.3 Å². The van der Waals surface area contributed by atoms with Crippen LogP contribution in [0.2, 0.25) is 0 Å². The maximum Gasteiger partial charge on any atom is 0.317 e. The number of carboxylic acid groups (broad SMARTS) is 1. The zero-order valence-electron chi connectivity index (χ0n) is 10.3. The Bertz CT molecular complexity index is 278. The molecule has 0 aromatic rings. The Morgan fingerprint density at radius 1 is 1.29 bits per heavy atom. The average molecular weight is 260 g/mol. The molecule has 5 nitrogen and oxygen atoms in total. The van der Waals surface area contributed by atoms with Gasteiger partial charge in [0.1, 0.15) is 0 Å². The highest BCUT2D eigenvalue weighted by Crippen LogP contribution is 2.10. The van der Waals surface area contributed by atoms with Crippen LogP contribution in [0, 0.1) is 5.92 Å². The van der Waals surface area contributed by atoms with E-state index in [1.165, 1.54) is 0 Å². The first-order valence-corrected chi connectivity index (χ1v) is 7.04. The van der Waals surface area contributed by atoms with E-state index in [0.717, 1.165) is 31.0 Å². The van der Waals surface area contributed by atoms with E-state index >= 15 is 0 Å². The van der Waals surface area contributed by atoms with Crippen molar-refractivity contribution in [2.24, 2.45) is 5.92 Å². The summed E-state index contributed by atoms with van der Waals surface area (Å²) in [6, 6.07) is -0.496. The Morgan fingerprint density at radius 3 is 2.65 bits per heavy atom. The van der Waals surface area contributed by atoms with Crippen molar-refractivity contribution in [1.82, 2.24) is 10.2 Å². The van der Waals surface area contributed by atoms with Crippen molar-refractivity contribution in [1.29, 1.82) is 0 Å². The monoisotopic (exact) mass is 260 g/mol. The number of urea groups is 1. The van der Waals surface area contributed by atoms with E-state index in [-0.39, 0.29) is 12.1 Å². The molecule has 17 heavy (non-hydrogen) atoms. The number of hydrogen-bond donors (Lipinski definition) is 2. The highest BCUT2D eigenvalue weighted by molar-refractivity contribution is 7.99. The molecule has 0 radical (unpaired) electrons. The van der Waals surface area contributed by atoms with Gasteiger partial charge in [0.15, 0.2) is 0 Å². The zero-order chi connectivity index (χ0) is 12.8. The normalized spacial score (nSPS) is 20.2. The summed E-state index contributed by atoms with van der Waals surface area (Å²) in [7, 11) is 0. The minimum Gasteiger partial charge on any atom is -0.481 e. The second kappa shape index (κ2) is 6.74. The van der Waals surface area contributed by atoms with E-state index in [1.54, 1.807) is 18.7 Å². The third-order valence-electron chi connectivity index (χ3n) is 3.00. The van der Waals surface area contributed by atoms with Crippen LogP contribution < -0.4 is 5.32 Å². The lowest BCUT2D eigenvalue weighted by molar-refractivity contribution is -0.141. The van der Waals surface area contributed by atoms with Crippen molar-refractivity contribution < 1.29 is 14.7 Å². The molecule has 0 aromatic heterocycles. The number of carbonyl (C=O) groups excluding carboxylic acids is 1. The molecule has 0 aromatic carbocycles. The van der Waals surface area contributed by atoms with Crippen LogP contribution in [-0.4, -0.2) is 52.6 Å². The van der Waals surface area contributed by atoms with Gasteiger partial charge in [0.2, 0.25) is 0 Å². The molecule has 98 valence electrons. The van der Waals surface area contributed by atoms with Gasteiger partial charge in [-0.2, -0.15) is 11.8 Å². The maximum absolute atomic E-state index is 11.9. The molecule has 2 N–H and O–H groups in total. The SMILES string of the molecule is CC(NC(=O)N1CCCSCC1)C(C)C(=O)O.